The highest BCUT2D eigenvalue weighted by molar-refractivity contribution is 7.92. The lowest BCUT2D eigenvalue weighted by molar-refractivity contribution is 0.355. The molecule has 11 nitrogen and oxygen atoms in total. The summed E-state index contributed by atoms with van der Waals surface area (Å²) in [4.78, 5) is 12.6. The van der Waals surface area contributed by atoms with Crippen molar-refractivity contribution < 1.29 is 22.6 Å². The summed E-state index contributed by atoms with van der Waals surface area (Å²) in [6, 6.07) is 4.83. The number of aromatic nitrogens is 3. The Hall–Kier alpha value is -3.51. The van der Waals surface area contributed by atoms with E-state index >= 15 is 0 Å². The SMILES string of the molecule is COc1ccc(Nc2nc(Nc3cncc(OC)c3OC)ncc2Cl)c(NS(C)(=O)=O)c1. The topological polar surface area (TPSA) is 137 Å². The highest BCUT2D eigenvalue weighted by atomic mass is 35.5. The summed E-state index contributed by atoms with van der Waals surface area (Å²) in [5, 5.41) is 6.23. The molecule has 0 atom stereocenters. The van der Waals surface area contributed by atoms with Gasteiger partial charge >= 0.3 is 0 Å². The van der Waals surface area contributed by atoms with Crippen molar-refractivity contribution in [1.29, 1.82) is 0 Å². The van der Waals surface area contributed by atoms with Gasteiger partial charge in [-0.05, 0) is 12.1 Å². The van der Waals surface area contributed by atoms with E-state index in [4.69, 9.17) is 25.8 Å². The minimum atomic E-state index is -3.55. The summed E-state index contributed by atoms with van der Waals surface area (Å²) in [5.41, 5.74) is 1.14. The van der Waals surface area contributed by atoms with Crippen molar-refractivity contribution in [3.05, 3.63) is 41.8 Å². The van der Waals surface area contributed by atoms with E-state index in [1.165, 1.54) is 46.0 Å². The third kappa shape index (κ3) is 5.59. The van der Waals surface area contributed by atoms with Gasteiger partial charge in [-0.1, -0.05) is 11.6 Å². The van der Waals surface area contributed by atoms with Gasteiger partial charge in [0, 0.05) is 6.07 Å². The molecule has 0 bridgehead atoms. The number of halogens is 1. The first-order valence-corrected chi connectivity index (χ1v) is 11.3. The fraction of sp³-hybridized carbons (Fsp3) is 0.211. The lowest BCUT2D eigenvalue weighted by Crippen LogP contribution is -2.11. The molecular weight excluding hydrogens is 460 g/mol. The van der Waals surface area contributed by atoms with Gasteiger partial charge in [0.1, 0.15) is 16.5 Å². The molecule has 0 fully saturated rings. The summed E-state index contributed by atoms with van der Waals surface area (Å²) in [6.07, 6.45) is 5.49. The maximum atomic E-state index is 11.8. The average Bonchev–Trinajstić information content (AvgIpc) is 2.75. The van der Waals surface area contributed by atoms with E-state index in [2.05, 4.69) is 30.3 Å². The molecule has 170 valence electrons. The molecule has 0 aliphatic rings. The van der Waals surface area contributed by atoms with Gasteiger partial charge in [0.05, 0.1) is 57.6 Å². The number of hydrogen-bond donors (Lipinski definition) is 3. The zero-order chi connectivity index (χ0) is 23.3. The van der Waals surface area contributed by atoms with E-state index < -0.39 is 10.0 Å². The van der Waals surface area contributed by atoms with Crippen LogP contribution in [0.15, 0.2) is 36.8 Å². The van der Waals surface area contributed by atoms with Gasteiger partial charge in [0.25, 0.3) is 0 Å². The zero-order valence-corrected chi connectivity index (χ0v) is 19.2. The number of nitrogens with one attached hydrogen (secondary N) is 3. The Labute approximate surface area is 190 Å². The van der Waals surface area contributed by atoms with Gasteiger partial charge in [-0.3, -0.25) is 9.71 Å². The average molecular weight is 481 g/mol. The number of benzene rings is 1. The molecule has 0 unspecified atom stereocenters. The summed E-state index contributed by atoms with van der Waals surface area (Å²) in [5.74, 6) is 1.75. The van der Waals surface area contributed by atoms with Crippen LogP contribution >= 0.6 is 11.6 Å². The number of hydrogen-bond acceptors (Lipinski definition) is 10. The molecule has 32 heavy (non-hydrogen) atoms. The summed E-state index contributed by atoms with van der Waals surface area (Å²) in [7, 11) is 0.933. The van der Waals surface area contributed by atoms with Gasteiger partial charge in [-0.2, -0.15) is 4.98 Å². The van der Waals surface area contributed by atoms with E-state index in [-0.39, 0.29) is 22.5 Å². The second-order valence-corrected chi connectivity index (χ2v) is 8.50. The number of methoxy groups -OCH3 is 3. The van der Waals surface area contributed by atoms with Crippen LogP contribution in [0.2, 0.25) is 5.02 Å². The maximum Gasteiger partial charge on any atom is 0.229 e. The van der Waals surface area contributed by atoms with Crippen LogP contribution in [-0.2, 0) is 10.0 Å². The Bertz CT molecular complexity index is 1220. The number of anilines is 5. The van der Waals surface area contributed by atoms with Crippen molar-refractivity contribution in [3.8, 4) is 17.2 Å². The Kier molecular flexibility index (Phi) is 7.05. The van der Waals surface area contributed by atoms with E-state index in [9.17, 15) is 8.42 Å². The van der Waals surface area contributed by atoms with Gasteiger partial charge < -0.3 is 24.8 Å². The molecule has 3 aromatic rings. The molecule has 0 aliphatic carbocycles. The Morgan fingerprint density at radius 3 is 2.38 bits per heavy atom. The second kappa shape index (κ2) is 9.75. The van der Waals surface area contributed by atoms with E-state index in [0.29, 0.717) is 28.6 Å². The molecule has 3 N–H and O–H groups in total. The van der Waals surface area contributed by atoms with Crippen molar-refractivity contribution in [3.63, 3.8) is 0 Å². The number of rotatable bonds is 9. The minimum Gasteiger partial charge on any atom is -0.497 e. The lowest BCUT2D eigenvalue weighted by Gasteiger charge is -2.16. The Balaban J connectivity index is 1.94. The molecule has 0 aliphatic heterocycles. The van der Waals surface area contributed by atoms with Crippen LogP contribution in [0.4, 0.5) is 28.8 Å². The van der Waals surface area contributed by atoms with Crippen LogP contribution < -0.4 is 29.6 Å². The fourth-order valence-corrected chi connectivity index (χ4v) is 3.39. The number of nitrogens with zero attached hydrogens (tertiary/aromatic N) is 3. The number of sulfonamides is 1. The van der Waals surface area contributed by atoms with Crippen LogP contribution in [0, 0.1) is 0 Å². The standard InChI is InChI=1S/C19H21ClN6O5S/c1-29-11-5-6-13(14(7-11)26-32(4,27)28)23-18-12(20)8-22-19(25-18)24-15-9-21-10-16(30-2)17(15)31-3/h5-10,26H,1-4H3,(H2,22,23,24,25). The molecule has 0 saturated heterocycles. The van der Waals surface area contributed by atoms with Crippen LogP contribution in [0.25, 0.3) is 0 Å². The molecule has 2 aromatic heterocycles. The first kappa shape index (κ1) is 23.2. The third-order valence-corrected chi connectivity index (χ3v) is 4.92. The number of pyridine rings is 1. The molecule has 0 saturated carbocycles. The predicted octanol–water partition coefficient (Wildman–Crippen LogP) is 3.41. The highest BCUT2D eigenvalue weighted by Crippen LogP contribution is 2.36. The molecule has 2 heterocycles. The first-order valence-electron chi connectivity index (χ1n) is 9.02. The van der Waals surface area contributed by atoms with Crippen molar-refractivity contribution in [2.75, 3.05) is 42.9 Å². The van der Waals surface area contributed by atoms with Gasteiger partial charge in [-0.15, -0.1) is 0 Å². The van der Waals surface area contributed by atoms with Crippen LogP contribution in [-0.4, -0.2) is 51.0 Å². The molecule has 3 rings (SSSR count). The van der Waals surface area contributed by atoms with E-state index in [1.807, 2.05) is 0 Å². The molecule has 13 heteroatoms. The summed E-state index contributed by atoms with van der Waals surface area (Å²) in [6.45, 7) is 0. The summed E-state index contributed by atoms with van der Waals surface area (Å²) < 4.78 is 41.8. The third-order valence-electron chi connectivity index (χ3n) is 4.05. The van der Waals surface area contributed by atoms with Crippen molar-refractivity contribution in [2.45, 2.75) is 0 Å². The summed E-state index contributed by atoms with van der Waals surface area (Å²) >= 11 is 6.26. The molecule has 0 radical (unpaired) electrons. The van der Waals surface area contributed by atoms with E-state index in [1.54, 1.807) is 12.1 Å². The Morgan fingerprint density at radius 1 is 0.938 bits per heavy atom. The largest absolute Gasteiger partial charge is 0.497 e. The van der Waals surface area contributed by atoms with Crippen molar-refractivity contribution in [2.24, 2.45) is 0 Å². The molecule has 0 amide bonds. The van der Waals surface area contributed by atoms with Gasteiger partial charge in [-0.25, -0.2) is 13.4 Å². The predicted molar refractivity (Wildman–Crippen MR) is 122 cm³/mol. The molecular formula is C19H21ClN6O5S. The minimum absolute atomic E-state index is 0.191. The highest BCUT2D eigenvalue weighted by Gasteiger charge is 2.15. The zero-order valence-electron chi connectivity index (χ0n) is 17.6. The van der Waals surface area contributed by atoms with E-state index in [0.717, 1.165) is 6.26 Å². The van der Waals surface area contributed by atoms with Crippen LogP contribution in [0.1, 0.15) is 0 Å². The molecule has 0 spiro atoms. The quantitative estimate of drug-likeness (QED) is 0.417. The monoisotopic (exact) mass is 480 g/mol. The van der Waals surface area contributed by atoms with Crippen molar-refractivity contribution >= 4 is 50.5 Å². The van der Waals surface area contributed by atoms with Crippen molar-refractivity contribution in [1.82, 2.24) is 15.0 Å². The lowest BCUT2D eigenvalue weighted by atomic mass is 10.2. The van der Waals surface area contributed by atoms with Crippen LogP contribution in [0.3, 0.4) is 0 Å². The number of ether oxygens (including phenoxy) is 3. The van der Waals surface area contributed by atoms with Gasteiger partial charge in [0.15, 0.2) is 17.3 Å². The van der Waals surface area contributed by atoms with Gasteiger partial charge in [0.2, 0.25) is 16.0 Å². The smallest absolute Gasteiger partial charge is 0.229 e. The maximum absolute atomic E-state index is 11.8. The molecule has 1 aromatic carbocycles. The second-order valence-electron chi connectivity index (χ2n) is 6.35. The van der Waals surface area contributed by atoms with Crippen LogP contribution in [0.5, 0.6) is 17.2 Å². The fourth-order valence-electron chi connectivity index (χ4n) is 2.68. The first-order chi connectivity index (χ1) is 15.2. The Morgan fingerprint density at radius 2 is 1.72 bits per heavy atom. The normalized spacial score (nSPS) is 10.9.